The summed E-state index contributed by atoms with van der Waals surface area (Å²) in [6, 6.07) is 18.9. The van der Waals surface area contributed by atoms with Crippen LogP contribution in [0.25, 0.3) is 5.57 Å². The molecule has 2 aromatic carbocycles. The first-order chi connectivity index (χ1) is 11.6. The van der Waals surface area contributed by atoms with Crippen LogP contribution in [-0.4, -0.2) is 6.18 Å². The van der Waals surface area contributed by atoms with Gasteiger partial charge in [-0.1, -0.05) is 54.6 Å². The average molecular weight is 326 g/mol. The zero-order valence-electron chi connectivity index (χ0n) is 12.5. The minimum Gasteiger partial charge on any atom is -0.468 e. The summed E-state index contributed by atoms with van der Waals surface area (Å²) in [6.45, 7) is 0. The first kappa shape index (κ1) is 14.8. The van der Waals surface area contributed by atoms with Gasteiger partial charge in [0, 0.05) is 0 Å². The Morgan fingerprint density at radius 1 is 0.792 bits per heavy atom. The van der Waals surface area contributed by atoms with E-state index in [0.717, 1.165) is 0 Å². The molecule has 1 aliphatic rings. The number of rotatable bonds is 2. The molecule has 0 saturated heterocycles. The van der Waals surface area contributed by atoms with Crippen molar-refractivity contribution in [1.29, 1.82) is 0 Å². The van der Waals surface area contributed by atoms with Gasteiger partial charge in [-0.3, -0.25) is 0 Å². The monoisotopic (exact) mass is 326 g/mol. The fourth-order valence-corrected chi connectivity index (χ4v) is 3.39. The number of allylic oxidation sites excluding steroid dienone is 1. The zero-order chi connectivity index (χ0) is 16.7. The van der Waals surface area contributed by atoms with Gasteiger partial charge in [0.1, 0.15) is 5.76 Å². The molecule has 3 aromatic rings. The molecule has 1 atom stereocenters. The van der Waals surface area contributed by atoms with Gasteiger partial charge in [-0.25, -0.2) is 0 Å². The van der Waals surface area contributed by atoms with Crippen LogP contribution in [0.3, 0.4) is 0 Å². The van der Waals surface area contributed by atoms with Crippen LogP contribution < -0.4 is 0 Å². The van der Waals surface area contributed by atoms with Crippen LogP contribution in [-0.2, 0) is 0 Å². The second kappa shape index (κ2) is 5.41. The molecule has 0 amide bonds. The molecular weight excluding hydrogens is 313 g/mol. The molecule has 0 spiro atoms. The summed E-state index contributed by atoms with van der Waals surface area (Å²) in [5.74, 6) is -0.632. The van der Waals surface area contributed by atoms with Gasteiger partial charge >= 0.3 is 6.18 Å². The van der Waals surface area contributed by atoms with E-state index in [-0.39, 0.29) is 5.57 Å². The molecule has 0 saturated carbocycles. The SMILES string of the molecule is FC(F)(F)C1=C(c2ccccc2)c2ccccc2C1c1ccco1. The standard InChI is InChI=1S/C20H13F3O/c21-20(22,23)19-17(13-7-2-1-3-8-13)14-9-4-5-10-15(14)18(19)16-11-6-12-24-16/h1-12,18H. The molecule has 0 fully saturated rings. The molecule has 1 nitrogen and oxygen atoms in total. The van der Waals surface area contributed by atoms with Crippen molar-refractivity contribution in [1.82, 2.24) is 0 Å². The Morgan fingerprint density at radius 2 is 1.50 bits per heavy atom. The lowest BCUT2D eigenvalue weighted by Gasteiger charge is -2.18. The van der Waals surface area contributed by atoms with Crippen LogP contribution in [0.1, 0.15) is 28.4 Å². The van der Waals surface area contributed by atoms with Gasteiger partial charge in [0.25, 0.3) is 0 Å². The highest BCUT2D eigenvalue weighted by atomic mass is 19.4. The van der Waals surface area contributed by atoms with E-state index in [0.29, 0.717) is 22.5 Å². The molecule has 1 heterocycles. The lowest BCUT2D eigenvalue weighted by Crippen LogP contribution is -2.18. The fourth-order valence-electron chi connectivity index (χ4n) is 3.39. The first-order valence-corrected chi connectivity index (χ1v) is 7.57. The lowest BCUT2D eigenvalue weighted by molar-refractivity contribution is -0.0941. The van der Waals surface area contributed by atoms with Crippen molar-refractivity contribution >= 4 is 5.57 Å². The third-order valence-corrected chi connectivity index (χ3v) is 4.29. The summed E-state index contributed by atoms with van der Waals surface area (Å²) in [5, 5.41) is 0. The molecule has 1 aliphatic carbocycles. The second-order valence-electron chi connectivity index (χ2n) is 5.69. The maximum Gasteiger partial charge on any atom is 0.414 e. The van der Waals surface area contributed by atoms with Crippen molar-refractivity contribution in [2.45, 2.75) is 12.1 Å². The van der Waals surface area contributed by atoms with E-state index >= 15 is 0 Å². The summed E-state index contributed by atoms with van der Waals surface area (Å²) < 4.78 is 47.4. The highest BCUT2D eigenvalue weighted by Crippen LogP contribution is 2.53. The molecule has 120 valence electrons. The van der Waals surface area contributed by atoms with Crippen molar-refractivity contribution in [2.75, 3.05) is 0 Å². The zero-order valence-corrected chi connectivity index (χ0v) is 12.5. The van der Waals surface area contributed by atoms with Crippen molar-refractivity contribution in [2.24, 2.45) is 0 Å². The Hall–Kier alpha value is -2.75. The molecule has 1 aromatic heterocycles. The number of furan rings is 1. The average Bonchev–Trinajstić information content (AvgIpc) is 3.20. The van der Waals surface area contributed by atoms with E-state index in [2.05, 4.69) is 0 Å². The smallest absolute Gasteiger partial charge is 0.414 e. The lowest BCUT2D eigenvalue weighted by atomic mass is 9.92. The molecule has 4 heteroatoms. The van der Waals surface area contributed by atoms with Crippen LogP contribution in [0.5, 0.6) is 0 Å². The number of alkyl halides is 3. The Morgan fingerprint density at radius 3 is 2.17 bits per heavy atom. The minimum atomic E-state index is -4.46. The highest BCUT2D eigenvalue weighted by Gasteiger charge is 2.48. The number of benzene rings is 2. The topological polar surface area (TPSA) is 13.1 Å². The fraction of sp³-hybridized carbons (Fsp3) is 0.100. The van der Waals surface area contributed by atoms with Gasteiger partial charge in [-0.2, -0.15) is 13.2 Å². The van der Waals surface area contributed by atoms with E-state index in [9.17, 15) is 13.2 Å². The molecule has 0 N–H and O–H groups in total. The first-order valence-electron chi connectivity index (χ1n) is 7.57. The van der Waals surface area contributed by atoms with Crippen molar-refractivity contribution in [3.63, 3.8) is 0 Å². The number of fused-ring (bicyclic) bond motifs is 1. The van der Waals surface area contributed by atoms with Gasteiger partial charge in [0.05, 0.1) is 17.8 Å². The van der Waals surface area contributed by atoms with E-state index in [4.69, 9.17) is 4.42 Å². The normalized spacial score (nSPS) is 17.2. The van der Waals surface area contributed by atoms with Gasteiger partial charge in [0.2, 0.25) is 0 Å². The minimum absolute atomic E-state index is 0.236. The summed E-state index contributed by atoms with van der Waals surface area (Å²) in [4.78, 5) is 0. The van der Waals surface area contributed by atoms with Crippen LogP contribution in [0.15, 0.2) is 83.0 Å². The maximum absolute atomic E-state index is 14.0. The van der Waals surface area contributed by atoms with Gasteiger partial charge in [-0.05, 0) is 34.4 Å². The molecular formula is C20H13F3O. The molecule has 4 rings (SSSR count). The largest absolute Gasteiger partial charge is 0.468 e. The Balaban J connectivity index is 2.06. The van der Waals surface area contributed by atoms with Gasteiger partial charge in [0.15, 0.2) is 0 Å². The molecule has 0 radical (unpaired) electrons. The summed E-state index contributed by atoms with van der Waals surface area (Å²) in [6.07, 6.45) is -3.05. The summed E-state index contributed by atoms with van der Waals surface area (Å²) in [7, 11) is 0. The second-order valence-corrected chi connectivity index (χ2v) is 5.69. The molecule has 24 heavy (non-hydrogen) atoms. The van der Waals surface area contributed by atoms with Crippen LogP contribution in [0, 0.1) is 0 Å². The third-order valence-electron chi connectivity index (χ3n) is 4.29. The van der Waals surface area contributed by atoms with Gasteiger partial charge < -0.3 is 4.42 Å². The predicted octanol–water partition coefficient (Wildman–Crippen LogP) is 5.79. The van der Waals surface area contributed by atoms with Crippen molar-refractivity contribution in [3.8, 4) is 0 Å². The molecule has 0 aliphatic heterocycles. The maximum atomic E-state index is 14.0. The Bertz CT molecular complexity index is 890. The van der Waals surface area contributed by atoms with Crippen LogP contribution in [0.4, 0.5) is 13.2 Å². The number of hydrogen-bond acceptors (Lipinski definition) is 1. The summed E-state index contributed by atoms with van der Waals surface area (Å²) in [5.41, 5.74) is 1.47. The Labute approximate surface area is 137 Å². The number of halogens is 3. The van der Waals surface area contributed by atoms with E-state index in [1.807, 2.05) is 0 Å². The van der Waals surface area contributed by atoms with E-state index in [1.165, 1.54) is 6.26 Å². The van der Waals surface area contributed by atoms with Gasteiger partial charge in [-0.15, -0.1) is 0 Å². The van der Waals surface area contributed by atoms with Crippen LogP contribution in [0.2, 0.25) is 0 Å². The predicted molar refractivity (Wildman–Crippen MR) is 85.5 cm³/mol. The van der Waals surface area contributed by atoms with Crippen molar-refractivity contribution in [3.05, 3.63) is 101 Å². The quantitative estimate of drug-likeness (QED) is 0.581. The Kier molecular flexibility index (Phi) is 3.34. The molecule has 0 bridgehead atoms. The van der Waals surface area contributed by atoms with Crippen LogP contribution >= 0.6 is 0 Å². The third kappa shape index (κ3) is 2.26. The summed E-state index contributed by atoms with van der Waals surface area (Å²) >= 11 is 0. The highest BCUT2D eigenvalue weighted by molar-refractivity contribution is 5.90. The van der Waals surface area contributed by atoms with E-state index in [1.54, 1.807) is 66.7 Å². The molecule has 1 unspecified atom stereocenters. The van der Waals surface area contributed by atoms with E-state index < -0.39 is 17.7 Å². The number of hydrogen-bond donors (Lipinski definition) is 0. The van der Waals surface area contributed by atoms with Crippen molar-refractivity contribution < 1.29 is 17.6 Å².